The van der Waals surface area contributed by atoms with Gasteiger partial charge in [-0.15, -0.1) is 6.42 Å². The fourth-order valence-corrected chi connectivity index (χ4v) is 10.4. The molecule has 1 aromatic heterocycles. The lowest BCUT2D eigenvalue weighted by Gasteiger charge is -2.39. The van der Waals surface area contributed by atoms with Crippen molar-refractivity contribution in [3.63, 3.8) is 0 Å². The van der Waals surface area contributed by atoms with Crippen molar-refractivity contribution in [2.45, 2.75) is 61.4 Å². The number of hydrogen-bond acceptors (Lipinski definition) is 7. The maximum absolute atomic E-state index is 16.9. The van der Waals surface area contributed by atoms with Crippen molar-refractivity contribution in [3.05, 3.63) is 53.6 Å². The van der Waals surface area contributed by atoms with E-state index >= 15 is 4.39 Å². The molecule has 5 heterocycles. The number of piperidine rings is 1. The van der Waals surface area contributed by atoms with E-state index in [1.54, 1.807) is 12.1 Å². The second-order valence-corrected chi connectivity index (χ2v) is 15.5. The van der Waals surface area contributed by atoms with Crippen molar-refractivity contribution < 1.29 is 27.2 Å². The molecule has 4 saturated heterocycles. The summed E-state index contributed by atoms with van der Waals surface area (Å²) in [5.74, 6) is 2.20. The lowest BCUT2D eigenvalue weighted by molar-refractivity contribution is 0.107. The fourth-order valence-electron chi connectivity index (χ4n) is 8.52. The predicted molar refractivity (Wildman–Crippen MR) is 177 cm³/mol. The van der Waals surface area contributed by atoms with Gasteiger partial charge < -0.3 is 14.7 Å². The molecule has 244 valence electrons. The summed E-state index contributed by atoms with van der Waals surface area (Å²) >= 11 is 0. The zero-order valence-electron chi connectivity index (χ0n) is 25.9. The first-order valence-electron chi connectivity index (χ1n) is 16.3. The van der Waals surface area contributed by atoms with E-state index in [1.807, 2.05) is 0 Å². The third kappa shape index (κ3) is 4.94. The summed E-state index contributed by atoms with van der Waals surface area (Å²) in [6, 6.07) is 8.87. The van der Waals surface area contributed by atoms with Crippen molar-refractivity contribution in [2.24, 2.45) is 0 Å². The van der Waals surface area contributed by atoms with Crippen LogP contribution in [-0.4, -0.2) is 79.2 Å². The largest absolute Gasteiger partial charge is 0.508 e. The first-order valence-corrected chi connectivity index (χ1v) is 17.6. The number of hydrogen-bond donors (Lipinski definition) is 1. The highest BCUT2D eigenvalue weighted by molar-refractivity contribution is 7.86. The molecule has 0 amide bonds. The highest BCUT2D eigenvalue weighted by Gasteiger charge is 2.49. The van der Waals surface area contributed by atoms with E-state index in [9.17, 15) is 18.1 Å². The highest BCUT2D eigenvalue weighted by Crippen LogP contribution is 2.44. The Hall–Kier alpha value is -3.88. The first kappa shape index (κ1) is 30.5. The Morgan fingerprint density at radius 2 is 1.87 bits per heavy atom. The van der Waals surface area contributed by atoms with Crippen LogP contribution in [0.4, 0.5) is 19.0 Å². The van der Waals surface area contributed by atoms with Gasteiger partial charge in [-0.25, -0.2) is 13.2 Å². The molecule has 7 nitrogen and oxygen atoms in total. The van der Waals surface area contributed by atoms with Crippen molar-refractivity contribution >= 4 is 38.3 Å². The minimum atomic E-state index is -0.927. The SMILES string of the molecule is C#Cc1c(F)ccc2cc(O)cc(-c3ccc4c(N5CCC6(CCCS6=O)CC5)nc(OC[C@@]56CCCN5C[C@H](F)C6)nc4c3F)c12. The topological polar surface area (TPSA) is 78.8 Å². The van der Waals surface area contributed by atoms with Gasteiger partial charge in [-0.2, -0.15) is 9.97 Å². The number of alkyl halides is 1. The predicted octanol–water partition coefficient (Wildman–Crippen LogP) is 6.25. The van der Waals surface area contributed by atoms with Crippen molar-refractivity contribution in [1.29, 1.82) is 0 Å². The molecule has 3 atom stereocenters. The first-order chi connectivity index (χ1) is 22.7. The van der Waals surface area contributed by atoms with E-state index in [2.05, 4.69) is 20.7 Å². The molecule has 3 aromatic carbocycles. The molecular weight excluding hydrogens is 625 g/mol. The van der Waals surface area contributed by atoms with Crippen LogP contribution in [-0.2, 0) is 10.8 Å². The highest BCUT2D eigenvalue weighted by atomic mass is 32.2. The molecule has 11 heteroatoms. The van der Waals surface area contributed by atoms with E-state index in [4.69, 9.17) is 16.1 Å². The number of terminal acetylenes is 1. The lowest BCUT2D eigenvalue weighted by Crippen LogP contribution is -2.45. The van der Waals surface area contributed by atoms with Crippen LogP contribution in [0.15, 0.2) is 36.4 Å². The normalized spacial score (nSPS) is 25.5. The van der Waals surface area contributed by atoms with E-state index in [-0.39, 0.29) is 45.3 Å². The van der Waals surface area contributed by atoms with Gasteiger partial charge in [-0.1, -0.05) is 18.1 Å². The molecular formula is C36H35F3N4O3S. The molecule has 4 aliphatic heterocycles. The maximum atomic E-state index is 16.9. The summed E-state index contributed by atoms with van der Waals surface area (Å²) in [6.45, 7) is 2.57. The van der Waals surface area contributed by atoms with Crippen molar-refractivity contribution in [2.75, 3.05) is 43.4 Å². The molecule has 8 rings (SSSR count). The number of phenols is 1. The minimum Gasteiger partial charge on any atom is -0.508 e. The summed E-state index contributed by atoms with van der Waals surface area (Å²) in [4.78, 5) is 13.6. The standard InChI is InChI=1S/C36H35F3N4O3S/c1-2-25-29(38)8-5-22-17-24(44)18-28(30(22)25)26-6-7-27-32(31(26)39)40-34(46-21-35-9-3-13-43(35)20-23(37)19-35)41-33(27)42-14-11-36(12-15-42)10-4-16-47(36)45/h1,5-8,17-18,23,44H,3-4,9-16,19-21H2/t23-,35+,47?/m1/s1. The zero-order valence-corrected chi connectivity index (χ0v) is 26.7. The number of halogens is 3. The summed E-state index contributed by atoms with van der Waals surface area (Å²) in [7, 11) is -0.869. The zero-order chi connectivity index (χ0) is 32.5. The third-order valence-corrected chi connectivity index (χ3v) is 13.1. The number of aromatic hydroxyl groups is 1. The van der Waals surface area contributed by atoms with Crippen molar-refractivity contribution in [3.8, 4) is 35.2 Å². The molecule has 0 saturated carbocycles. The lowest BCUT2D eigenvalue weighted by atomic mass is 9.91. The van der Waals surface area contributed by atoms with Gasteiger partial charge in [0.25, 0.3) is 0 Å². The Kier molecular flexibility index (Phi) is 7.37. The Morgan fingerprint density at radius 1 is 1.04 bits per heavy atom. The molecule has 4 aliphatic rings. The molecule has 4 fully saturated rings. The number of anilines is 1. The van der Waals surface area contributed by atoms with Gasteiger partial charge in [-0.05, 0) is 80.3 Å². The summed E-state index contributed by atoms with van der Waals surface area (Å²) < 4.78 is 65.2. The van der Waals surface area contributed by atoms with Crippen LogP contribution < -0.4 is 9.64 Å². The molecule has 4 aromatic rings. The van der Waals surface area contributed by atoms with Crippen LogP contribution in [0.1, 0.15) is 50.5 Å². The smallest absolute Gasteiger partial charge is 0.319 e. The summed E-state index contributed by atoms with van der Waals surface area (Å²) in [6.07, 6.45) is 10.3. The third-order valence-electron chi connectivity index (χ3n) is 10.9. The number of aromatic nitrogens is 2. The van der Waals surface area contributed by atoms with E-state index < -0.39 is 34.1 Å². The van der Waals surface area contributed by atoms with Crippen LogP contribution in [0.25, 0.3) is 32.8 Å². The van der Waals surface area contributed by atoms with Crippen LogP contribution >= 0.6 is 0 Å². The molecule has 1 spiro atoms. The van der Waals surface area contributed by atoms with Crippen LogP contribution in [0, 0.1) is 24.0 Å². The molecule has 0 radical (unpaired) electrons. The van der Waals surface area contributed by atoms with Crippen LogP contribution in [0.2, 0.25) is 0 Å². The van der Waals surface area contributed by atoms with Gasteiger partial charge in [0.2, 0.25) is 0 Å². The van der Waals surface area contributed by atoms with E-state index in [0.717, 1.165) is 50.8 Å². The number of rotatable bonds is 5. The average Bonchev–Trinajstić information content (AvgIpc) is 3.71. The maximum Gasteiger partial charge on any atom is 0.319 e. The Balaban J connectivity index is 1.25. The molecule has 47 heavy (non-hydrogen) atoms. The Bertz CT molecular complexity index is 1990. The van der Waals surface area contributed by atoms with Crippen LogP contribution in [0.3, 0.4) is 0 Å². The van der Waals surface area contributed by atoms with Gasteiger partial charge in [0.1, 0.15) is 35.7 Å². The van der Waals surface area contributed by atoms with E-state index in [1.165, 1.54) is 24.3 Å². The number of fused-ring (bicyclic) bond motifs is 3. The van der Waals surface area contributed by atoms with Crippen LogP contribution in [0.5, 0.6) is 11.8 Å². The monoisotopic (exact) mass is 660 g/mol. The van der Waals surface area contributed by atoms with Gasteiger partial charge in [-0.3, -0.25) is 9.11 Å². The number of phenolic OH excluding ortho intramolecular Hbond substituents is 1. The fraction of sp³-hybridized carbons (Fsp3) is 0.444. The molecule has 0 bridgehead atoms. The number of benzene rings is 3. The quantitative estimate of drug-likeness (QED) is 0.254. The Labute approximate surface area is 273 Å². The van der Waals surface area contributed by atoms with Gasteiger partial charge >= 0.3 is 6.01 Å². The van der Waals surface area contributed by atoms with Crippen molar-refractivity contribution in [1.82, 2.24) is 14.9 Å². The van der Waals surface area contributed by atoms with Gasteiger partial charge in [0.05, 0.1) is 11.1 Å². The minimum absolute atomic E-state index is 0.00654. The summed E-state index contributed by atoms with van der Waals surface area (Å²) in [5.41, 5.74) is -0.138. The summed E-state index contributed by atoms with van der Waals surface area (Å²) in [5, 5.41) is 11.8. The molecule has 1 unspecified atom stereocenters. The van der Waals surface area contributed by atoms with Gasteiger partial charge in [0, 0.05) is 63.7 Å². The molecule has 1 N–H and O–H groups in total. The average molecular weight is 661 g/mol. The number of nitrogens with zero attached hydrogens (tertiary/aromatic N) is 4. The van der Waals surface area contributed by atoms with E-state index in [0.29, 0.717) is 48.0 Å². The second kappa shape index (κ2) is 11.4. The molecule has 0 aliphatic carbocycles. The second-order valence-electron chi connectivity index (χ2n) is 13.5. The number of ether oxygens (including phenoxy) is 1. The Morgan fingerprint density at radius 3 is 2.64 bits per heavy atom. The van der Waals surface area contributed by atoms with Gasteiger partial charge in [0.15, 0.2) is 5.82 Å².